The minimum Gasteiger partial charge on any atom is -0.495 e. The molecule has 1 amide bonds. The highest BCUT2D eigenvalue weighted by Gasteiger charge is 2.20. The van der Waals surface area contributed by atoms with Crippen LogP contribution in [0, 0.1) is 0 Å². The summed E-state index contributed by atoms with van der Waals surface area (Å²) >= 11 is 6.20. The monoisotopic (exact) mass is 450 g/mol. The number of carbonyl (C=O) groups excluding carboxylic acids is 1. The van der Waals surface area contributed by atoms with Gasteiger partial charge in [-0.3, -0.25) is 14.7 Å². The molecule has 7 heteroatoms. The Hall–Kier alpha value is -3.09. The number of hydrogen-bond donors (Lipinski definition) is 1. The number of methoxy groups -OCH3 is 1. The van der Waals surface area contributed by atoms with Gasteiger partial charge in [0.2, 0.25) is 0 Å². The summed E-state index contributed by atoms with van der Waals surface area (Å²) in [7, 11) is 1.68. The first-order valence-electron chi connectivity index (χ1n) is 10.7. The van der Waals surface area contributed by atoms with Crippen molar-refractivity contribution in [2.24, 2.45) is 0 Å². The fraction of sp³-hybridized carbons (Fsp3) is 0.280. The van der Waals surface area contributed by atoms with Gasteiger partial charge in [0.1, 0.15) is 5.75 Å². The molecule has 4 rings (SSSR count). The summed E-state index contributed by atoms with van der Waals surface area (Å²) in [4.78, 5) is 21.4. The number of ether oxygens (including phenoxy) is 1. The largest absolute Gasteiger partial charge is 0.495 e. The summed E-state index contributed by atoms with van der Waals surface area (Å²) in [6, 6.07) is 17.4. The Labute approximate surface area is 193 Å². The van der Waals surface area contributed by atoms with Crippen molar-refractivity contribution in [2.45, 2.75) is 13.1 Å². The molecule has 1 aliphatic rings. The number of hydrogen-bond acceptors (Lipinski definition) is 5. The first-order chi connectivity index (χ1) is 15.6. The molecule has 1 saturated heterocycles. The minimum atomic E-state index is -0.0754. The van der Waals surface area contributed by atoms with Crippen molar-refractivity contribution in [1.29, 1.82) is 0 Å². The van der Waals surface area contributed by atoms with Crippen molar-refractivity contribution in [2.75, 3.05) is 38.2 Å². The van der Waals surface area contributed by atoms with Crippen LogP contribution in [0.15, 0.2) is 67.0 Å². The standard InChI is InChI=1S/C25H27ClN4O2/c1-32-24-8-7-22(26)15-23(24)30-12-10-29(11-13-30)18-19-4-2-6-21(14-19)25(31)28-17-20-5-3-9-27-16-20/h2-9,14-16H,10-13,17-18H2,1H3,(H,28,31). The Bertz CT molecular complexity index is 1050. The second kappa shape index (κ2) is 10.5. The fourth-order valence-electron chi connectivity index (χ4n) is 3.91. The van der Waals surface area contributed by atoms with Crippen LogP contribution in [-0.2, 0) is 13.1 Å². The molecule has 0 aliphatic carbocycles. The number of nitrogens with one attached hydrogen (secondary N) is 1. The van der Waals surface area contributed by atoms with Gasteiger partial charge in [0.05, 0.1) is 12.8 Å². The van der Waals surface area contributed by atoms with Gasteiger partial charge in [0.15, 0.2) is 0 Å². The van der Waals surface area contributed by atoms with Gasteiger partial charge in [-0.25, -0.2) is 0 Å². The molecular weight excluding hydrogens is 424 g/mol. The second-order valence-electron chi connectivity index (χ2n) is 7.82. The van der Waals surface area contributed by atoms with Gasteiger partial charge in [-0.05, 0) is 47.5 Å². The molecule has 1 aliphatic heterocycles. The maximum absolute atomic E-state index is 12.6. The SMILES string of the molecule is COc1ccc(Cl)cc1N1CCN(Cc2cccc(C(=O)NCc3cccnc3)c2)CC1. The van der Waals surface area contributed by atoms with Gasteiger partial charge in [-0.15, -0.1) is 0 Å². The lowest BCUT2D eigenvalue weighted by Crippen LogP contribution is -2.46. The van der Waals surface area contributed by atoms with Crippen LogP contribution in [0.25, 0.3) is 0 Å². The molecule has 0 unspecified atom stereocenters. The highest BCUT2D eigenvalue weighted by atomic mass is 35.5. The summed E-state index contributed by atoms with van der Waals surface area (Å²) in [5.41, 5.74) is 3.82. The molecule has 6 nitrogen and oxygen atoms in total. The van der Waals surface area contributed by atoms with Crippen molar-refractivity contribution in [3.8, 4) is 5.75 Å². The zero-order valence-electron chi connectivity index (χ0n) is 18.1. The van der Waals surface area contributed by atoms with Crippen molar-refractivity contribution in [3.63, 3.8) is 0 Å². The molecule has 3 aromatic rings. The van der Waals surface area contributed by atoms with Crippen molar-refractivity contribution < 1.29 is 9.53 Å². The Kier molecular flexibility index (Phi) is 7.24. The van der Waals surface area contributed by atoms with Gasteiger partial charge in [-0.1, -0.05) is 29.8 Å². The number of rotatable bonds is 7. The average Bonchev–Trinajstić information content (AvgIpc) is 2.84. The van der Waals surface area contributed by atoms with Gasteiger partial charge in [0.25, 0.3) is 5.91 Å². The van der Waals surface area contributed by atoms with Gasteiger partial charge < -0.3 is 15.0 Å². The molecule has 1 aromatic heterocycles. The Morgan fingerprint density at radius 1 is 1.06 bits per heavy atom. The number of carbonyl (C=O) groups is 1. The fourth-order valence-corrected chi connectivity index (χ4v) is 4.08. The summed E-state index contributed by atoms with van der Waals surface area (Å²) in [5, 5.41) is 3.67. The lowest BCUT2D eigenvalue weighted by Gasteiger charge is -2.36. The maximum atomic E-state index is 12.6. The van der Waals surface area contributed by atoms with Crippen LogP contribution in [0.2, 0.25) is 5.02 Å². The zero-order chi connectivity index (χ0) is 22.3. The summed E-state index contributed by atoms with van der Waals surface area (Å²) in [6.07, 6.45) is 3.48. The van der Waals surface area contributed by atoms with Crippen molar-refractivity contribution in [3.05, 3.63) is 88.7 Å². The lowest BCUT2D eigenvalue weighted by atomic mass is 10.1. The molecular formula is C25H27ClN4O2. The zero-order valence-corrected chi connectivity index (χ0v) is 18.9. The number of halogens is 1. The molecule has 0 saturated carbocycles. The van der Waals surface area contributed by atoms with E-state index in [0.29, 0.717) is 17.1 Å². The van der Waals surface area contributed by atoms with Crippen LogP contribution < -0.4 is 15.0 Å². The van der Waals surface area contributed by atoms with Crippen LogP contribution >= 0.6 is 11.6 Å². The van der Waals surface area contributed by atoms with Gasteiger partial charge in [0, 0.05) is 62.2 Å². The number of anilines is 1. The number of amides is 1. The highest BCUT2D eigenvalue weighted by molar-refractivity contribution is 6.30. The van der Waals surface area contributed by atoms with E-state index in [9.17, 15) is 4.79 Å². The predicted molar refractivity (Wildman–Crippen MR) is 127 cm³/mol. The number of pyridine rings is 1. The van der Waals surface area contributed by atoms with E-state index in [0.717, 1.165) is 55.3 Å². The van der Waals surface area contributed by atoms with Gasteiger partial charge >= 0.3 is 0 Å². The average molecular weight is 451 g/mol. The van der Waals surface area contributed by atoms with E-state index in [1.54, 1.807) is 19.5 Å². The summed E-state index contributed by atoms with van der Waals surface area (Å²) in [6.45, 7) is 4.90. The normalized spacial score (nSPS) is 14.2. The molecule has 1 N–H and O–H groups in total. The Balaban J connectivity index is 1.33. The van der Waals surface area contributed by atoms with E-state index in [4.69, 9.17) is 16.3 Å². The van der Waals surface area contributed by atoms with Gasteiger partial charge in [-0.2, -0.15) is 0 Å². The van der Waals surface area contributed by atoms with E-state index in [-0.39, 0.29) is 5.91 Å². The Morgan fingerprint density at radius 3 is 2.62 bits per heavy atom. The quantitative estimate of drug-likeness (QED) is 0.589. The first-order valence-corrected chi connectivity index (χ1v) is 11.1. The van der Waals surface area contributed by atoms with Crippen LogP contribution in [0.1, 0.15) is 21.5 Å². The van der Waals surface area contributed by atoms with Crippen LogP contribution in [0.3, 0.4) is 0 Å². The molecule has 2 heterocycles. The number of nitrogens with zero attached hydrogens (tertiary/aromatic N) is 3. The van der Waals surface area contributed by atoms with E-state index in [1.165, 1.54) is 0 Å². The molecule has 0 spiro atoms. The summed E-state index contributed by atoms with van der Waals surface area (Å²) < 4.78 is 5.50. The smallest absolute Gasteiger partial charge is 0.251 e. The highest BCUT2D eigenvalue weighted by Crippen LogP contribution is 2.32. The molecule has 0 radical (unpaired) electrons. The number of piperazine rings is 1. The third-order valence-corrected chi connectivity index (χ3v) is 5.86. The van der Waals surface area contributed by atoms with E-state index in [2.05, 4.69) is 26.2 Å². The van der Waals surface area contributed by atoms with E-state index < -0.39 is 0 Å². The minimum absolute atomic E-state index is 0.0754. The Morgan fingerprint density at radius 2 is 1.88 bits per heavy atom. The first kappa shape index (κ1) is 22.1. The number of benzene rings is 2. The molecule has 32 heavy (non-hydrogen) atoms. The second-order valence-corrected chi connectivity index (χ2v) is 8.26. The maximum Gasteiger partial charge on any atom is 0.251 e. The van der Waals surface area contributed by atoms with Crippen LogP contribution in [0.4, 0.5) is 5.69 Å². The summed E-state index contributed by atoms with van der Waals surface area (Å²) in [5.74, 6) is 0.765. The number of aromatic nitrogens is 1. The van der Waals surface area contributed by atoms with E-state index in [1.807, 2.05) is 48.5 Å². The molecule has 0 bridgehead atoms. The van der Waals surface area contributed by atoms with Crippen molar-refractivity contribution in [1.82, 2.24) is 15.2 Å². The molecule has 166 valence electrons. The topological polar surface area (TPSA) is 57.7 Å². The van der Waals surface area contributed by atoms with Crippen molar-refractivity contribution >= 4 is 23.2 Å². The molecule has 1 fully saturated rings. The third-order valence-electron chi connectivity index (χ3n) is 5.63. The predicted octanol–water partition coefficient (Wildman–Crippen LogP) is 4.00. The third kappa shape index (κ3) is 5.58. The lowest BCUT2D eigenvalue weighted by molar-refractivity contribution is 0.0950. The van der Waals surface area contributed by atoms with Crippen LogP contribution in [0.5, 0.6) is 5.75 Å². The van der Waals surface area contributed by atoms with E-state index >= 15 is 0 Å². The molecule has 2 aromatic carbocycles. The van der Waals surface area contributed by atoms with Crippen LogP contribution in [-0.4, -0.2) is 49.1 Å². The molecule has 0 atom stereocenters.